The lowest BCUT2D eigenvalue weighted by molar-refractivity contribution is 1.11. The van der Waals surface area contributed by atoms with Gasteiger partial charge in [0.25, 0.3) is 0 Å². The highest BCUT2D eigenvalue weighted by Gasteiger charge is 2.12. The van der Waals surface area contributed by atoms with E-state index in [9.17, 15) is 0 Å². The van der Waals surface area contributed by atoms with Gasteiger partial charge in [0.2, 0.25) is 0 Å². The van der Waals surface area contributed by atoms with Crippen molar-refractivity contribution in [2.24, 2.45) is 0 Å². The minimum atomic E-state index is 0.926. The van der Waals surface area contributed by atoms with E-state index in [1.165, 1.54) is 16.8 Å². The van der Waals surface area contributed by atoms with E-state index in [2.05, 4.69) is 18.3 Å². The Labute approximate surface area is 68.2 Å². The zero-order chi connectivity index (χ0) is 7.84. The highest BCUT2D eigenvalue weighted by atomic mass is 14.9. The molecule has 1 aliphatic rings. The standard InChI is InChI=1S/C9H10BN/c1-6-2-3-8(10)7-4-5-11-9(6)7/h2-3,11H,4-5H2,1H3. The topological polar surface area (TPSA) is 12.0 Å². The lowest BCUT2D eigenvalue weighted by Crippen LogP contribution is -2.08. The van der Waals surface area contributed by atoms with Crippen molar-refractivity contribution >= 4 is 19.0 Å². The molecule has 0 aromatic heterocycles. The van der Waals surface area contributed by atoms with E-state index >= 15 is 0 Å². The molecule has 1 heterocycles. The molecular formula is C9H10BN. The highest BCUT2D eigenvalue weighted by Crippen LogP contribution is 2.23. The van der Waals surface area contributed by atoms with Crippen molar-refractivity contribution in [3.63, 3.8) is 0 Å². The van der Waals surface area contributed by atoms with Crippen LogP contribution in [0.15, 0.2) is 12.1 Å². The summed E-state index contributed by atoms with van der Waals surface area (Å²) in [6.07, 6.45) is 1.07. The van der Waals surface area contributed by atoms with Crippen LogP contribution in [0.25, 0.3) is 0 Å². The van der Waals surface area contributed by atoms with E-state index in [0.29, 0.717) is 0 Å². The minimum absolute atomic E-state index is 0.926. The van der Waals surface area contributed by atoms with E-state index < -0.39 is 0 Å². The number of rotatable bonds is 0. The van der Waals surface area contributed by atoms with Crippen LogP contribution in [0.4, 0.5) is 5.69 Å². The average Bonchev–Trinajstić information content (AvgIpc) is 2.45. The van der Waals surface area contributed by atoms with Gasteiger partial charge in [0.15, 0.2) is 0 Å². The summed E-state index contributed by atoms with van der Waals surface area (Å²) in [5.41, 5.74) is 4.78. The largest absolute Gasteiger partial charge is 0.384 e. The fourth-order valence-corrected chi connectivity index (χ4v) is 1.61. The average molecular weight is 143 g/mol. The van der Waals surface area contributed by atoms with E-state index in [1.807, 2.05) is 6.07 Å². The van der Waals surface area contributed by atoms with Gasteiger partial charge in [-0.25, -0.2) is 0 Å². The van der Waals surface area contributed by atoms with Crippen molar-refractivity contribution in [2.75, 3.05) is 11.9 Å². The van der Waals surface area contributed by atoms with Gasteiger partial charge in [0.05, 0.1) is 0 Å². The summed E-state index contributed by atoms with van der Waals surface area (Å²) >= 11 is 0. The lowest BCUT2D eigenvalue weighted by Gasteiger charge is -2.06. The molecule has 0 bridgehead atoms. The van der Waals surface area contributed by atoms with E-state index in [-0.39, 0.29) is 0 Å². The van der Waals surface area contributed by atoms with Crippen LogP contribution in [0.5, 0.6) is 0 Å². The van der Waals surface area contributed by atoms with Crippen LogP contribution < -0.4 is 10.8 Å². The number of aryl methyl sites for hydroxylation is 1. The molecule has 2 rings (SSSR count). The van der Waals surface area contributed by atoms with Crippen molar-refractivity contribution in [1.82, 2.24) is 0 Å². The third-order valence-corrected chi connectivity index (χ3v) is 2.23. The Balaban J connectivity index is 2.64. The number of fused-ring (bicyclic) bond motifs is 1. The third kappa shape index (κ3) is 0.935. The van der Waals surface area contributed by atoms with Gasteiger partial charge >= 0.3 is 0 Å². The maximum atomic E-state index is 5.80. The van der Waals surface area contributed by atoms with E-state index in [1.54, 1.807) is 0 Å². The van der Waals surface area contributed by atoms with Crippen molar-refractivity contribution < 1.29 is 0 Å². The number of hydrogen-bond acceptors (Lipinski definition) is 1. The Morgan fingerprint density at radius 3 is 3.00 bits per heavy atom. The van der Waals surface area contributed by atoms with Crippen molar-refractivity contribution in [2.45, 2.75) is 13.3 Å². The smallest absolute Gasteiger partial charge is 0.114 e. The molecule has 0 unspecified atom stereocenters. The molecule has 1 aromatic carbocycles. The lowest BCUT2D eigenvalue weighted by atomic mass is 9.88. The van der Waals surface area contributed by atoms with Crippen molar-refractivity contribution in [3.8, 4) is 0 Å². The van der Waals surface area contributed by atoms with Crippen LogP contribution >= 0.6 is 0 Å². The van der Waals surface area contributed by atoms with Gasteiger partial charge in [-0.15, -0.1) is 0 Å². The molecule has 1 aliphatic heterocycles. The molecule has 54 valence electrons. The molecular weight excluding hydrogens is 133 g/mol. The first-order valence-corrected chi connectivity index (χ1v) is 3.91. The number of nitrogens with one attached hydrogen (secondary N) is 1. The summed E-state index contributed by atoms with van der Waals surface area (Å²) in [5.74, 6) is 0. The monoisotopic (exact) mass is 143 g/mol. The summed E-state index contributed by atoms with van der Waals surface area (Å²) in [4.78, 5) is 0. The van der Waals surface area contributed by atoms with Crippen LogP contribution in [-0.2, 0) is 6.42 Å². The summed E-state index contributed by atoms with van der Waals surface area (Å²) < 4.78 is 0. The van der Waals surface area contributed by atoms with Crippen LogP contribution in [0.1, 0.15) is 11.1 Å². The predicted molar refractivity (Wildman–Crippen MR) is 48.8 cm³/mol. The molecule has 2 radical (unpaired) electrons. The van der Waals surface area contributed by atoms with Gasteiger partial charge < -0.3 is 5.32 Å². The van der Waals surface area contributed by atoms with Gasteiger partial charge in [0, 0.05) is 12.2 Å². The maximum absolute atomic E-state index is 5.80. The maximum Gasteiger partial charge on any atom is 0.114 e. The Morgan fingerprint density at radius 2 is 2.27 bits per heavy atom. The number of hydrogen-bond donors (Lipinski definition) is 1. The summed E-state index contributed by atoms with van der Waals surface area (Å²) in [6.45, 7) is 3.14. The quantitative estimate of drug-likeness (QED) is 0.528. The molecule has 1 N–H and O–H groups in total. The molecule has 1 aromatic rings. The SMILES string of the molecule is [B]c1ccc(C)c2c1CCN2. The highest BCUT2D eigenvalue weighted by molar-refractivity contribution is 6.34. The molecule has 11 heavy (non-hydrogen) atoms. The van der Waals surface area contributed by atoms with Gasteiger partial charge in [0.1, 0.15) is 7.85 Å². The Morgan fingerprint density at radius 1 is 1.45 bits per heavy atom. The molecule has 0 saturated heterocycles. The van der Waals surface area contributed by atoms with Crippen LogP contribution in [0.2, 0.25) is 0 Å². The van der Waals surface area contributed by atoms with E-state index in [4.69, 9.17) is 7.85 Å². The van der Waals surface area contributed by atoms with Crippen LogP contribution in [-0.4, -0.2) is 14.4 Å². The molecule has 0 spiro atoms. The third-order valence-electron chi connectivity index (χ3n) is 2.23. The van der Waals surface area contributed by atoms with Crippen molar-refractivity contribution in [1.29, 1.82) is 0 Å². The minimum Gasteiger partial charge on any atom is -0.384 e. The Hall–Kier alpha value is -0.915. The molecule has 0 fully saturated rings. The van der Waals surface area contributed by atoms with E-state index in [0.717, 1.165) is 18.4 Å². The predicted octanol–water partition coefficient (Wildman–Crippen LogP) is 0.757. The number of anilines is 1. The Bertz CT molecular complexity index is 265. The first kappa shape index (κ1) is 6.77. The Kier molecular flexibility index (Phi) is 1.41. The summed E-state index contributed by atoms with van der Waals surface area (Å²) in [7, 11) is 5.80. The first-order chi connectivity index (χ1) is 5.29. The molecule has 0 amide bonds. The zero-order valence-electron chi connectivity index (χ0n) is 6.65. The summed E-state index contributed by atoms with van der Waals surface area (Å²) in [5, 5.41) is 3.33. The van der Waals surface area contributed by atoms with Gasteiger partial charge in [-0.1, -0.05) is 17.6 Å². The van der Waals surface area contributed by atoms with Crippen molar-refractivity contribution in [3.05, 3.63) is 23.3 Å². The summed E-state index contributed by atoms with van der Waals surface area (Å²) in [6, 6.07) is 4.05. The second kappa shape index (κ2) is 2.30. The fraction of sp³-hybridized carbons (Fsp3) is 0.333. The van der Waals surface area contributed by atoms with Crippen LogP contribution in [0, 0.1) is 6.92 Å². The van der Waals surface area contributed by atoms with Gasteiger partial charge in [-0.2, -0.15) is 0 Å². The molecule has 0 atom stereocenters. The number of benzene rings is 1. The van der Waals surface area contributed by atoms with Gasteiger partial charge in [-0.05, 0) is 24.5 Å². The molecule has 1 nitrogen and oxygen atoms in total. The molecule has 0 aliphatic carbocycles. The second-order valence-corrected chi connectivity index (χ2v) is 3.00. The zero-order valence-corrected chi connectivity index (χ0v) is 6.65. The van der Waals surface area contributed by atoms with Gasteiger partial charge in [-0.3, -0.25) is 0 Å². The normalized spacial score (nSPS) is 14.3. The fourth-order valence-electron chi connectivity index (χ4n) is 1.61. The molecule has 0 saturated carbocycles. The molecule has 2 heteroatoms. The first-order valence-electron chi connectivity index (χ1n) is 3.91. The second-order valence-electron chi connectivity index (χ2n) is 3.00. The van der Waals surface area contributed by atoms with Crippen LogP contribution in [0.3, 0.4) is 0 Å².